The summed E-state index contributed by atoms with van der Waals surface area (Å²) >= 11 is 0. The molecule has 3 fully saturated rings. The third kappa shape index (κ3) is 3.91. The molecule has 0 spiro atoms. The lowest BCUT2D eigenvalue weighted by molar-refractivity contribution is -0.126. The van der Waals surface area contributed by atoms with E-state index in [-0.39, 0.29) is 11.9 Å². The van der Waals surface area contributed by atoms with Crippen LogP contribution in [0.5, 0.6) is 0 Å². The van der Waals surface area contributed by atoms with Gasteiger partial charge in [0.25, 0.3) is 0 Å². The van der Waals surface area contributed by atoms with Crippen molar-refractivity contribution in [2.24, 2.45) is 13.0 Å². The maximum absolute atomic E-state index is 13.2. The Morgan fingerprint density at radius 2 is 1.78 bits per heavy atom. The molecule has 0 bridgehead atoms. The van der Waals surface area contributed by atoms with Gasteiger partial charge in [0, 0.05) is 71.2 Å². The number of likely N-dealkylation sites (tertiary alicyclic amines) is 1. The van der Waals surface area contributed by atoms with Gasteiger partial charge < -0.3 is 4.90 Å². The van der Waals surface area contributed by atoms with E-state index < -0.39 is 0 Å². The van der Waals surface area contributed by atoms with Crippen molar-refractivity contribution >= 4 is 11.7 Å². The molecule has 0 radical (unpaired) electrons. The zero-order chi connectivity index (χ0) is 19.0. The van der Waals surface area contributed by atoms with E-state index in [1.165, 1.54) is 32.6 Å². The summed E-state index contributed by atoms with van der Waals surface area (Å²) in [5, 5.41) is 4.45. The predicted octanol–water partition coefficient (Wildman–Crippen LogP) is 0.873. The number of hydrogen-bond acceptors (Lipinski definition) is 5. The van der Waals surface area contributed by atoms with Crippen LogP contribution in [0, 0.1) is 5.92 Å². The number of carbonyl (C=O) groups excluding carboxylic acids is 1. The van der Waals surface area contributed by atoms with Gasteiger partial charge >= 0.3 is 0 Å². The fourth-order valence-electron chi connectivity index (χ4n) is 5.11. The van der Waals surface area contributed by atoms with E-state index in [4.69, 9.17) is 0 Å². The first-order valence-electron chi connectivity index (χ1n) is 10.5. The van der Waals surface area contributed by atoms with E-state index in [0.29, 0.717) is 12.0 Å². The van der Waals surface area contributed by atoms with Crippen molar-refractivity contribution < 1.29 is 4.79 Å². The number of likely N-dealkylation sites (N-methyl/N-ethyl adjacent to an activating group) is 1. The maximum atomic E-state index is 13.2. The van der Waals surface area contributed by atoms with Crippen molar-refractivity contribution in [3.05, 3.63) is 12.3 Å². The Bertz CT molecular complexity index is 653. The third-order valence-corrected chi connectivity index (χ3v) is 6.73. The first kappa shape index (κ1) is 18.9. The van der Waals surface area contributed by atoms with Crippen LogP contribution in [0.3, 0.4) is 0 Å². The van der Waals surface area contributed by atoms with Crippen LogP contribution in [0.4, 0.5) is 5.82 Å². The standard InChI is InChI=1S/C20H34N6O/c1-16-15-25(10-6-17(16)24-13-11-22(2)12-14-24)18-5-4-8-26(20(18)27)19-7-9-23(3)21-19/h7,9,16-18H,4-6,8,10-15H2,1-3H3. The van der Waals surface area contributed by atoms with E-state index >= 15 is 0 Å². The second kappa shape index (κ2) is 7.89. The van der Waals surface area contributed by atoms with E-state index in [1.54, 1.807) is 4.68 Å². The topological polar surface area (TPSA) is 47.9 Å². The monoisotopic (exact) mass is 374 g/mol. The molecule has 7 heteroatoms. The van der Waals surface area contributed by atoms with E-state index in [1.807, 2.05) is 24.2 Å². The Balaban J connectivity index is 1.38. The van der Waals surface area contributed by atoms with Crippen molar-refractivity contribution in [1.29, 1.82) is 0 Å². The van der Waals surface area contributed by atoms with Gasteiger partial charge in [-0.25, -0.2) is 0 Å². The lowest BCUT2D eigenvalue weighted by Crippen LogP contribution is -2.60. The van der Waals surface area contributed by atoms with Crippen molar-refractivity contribution in [3.63, 3.8) is 0 Å². The molecule has 150 valence electrons. The molecule has 0 aliphatic carbocycles. The van der Waals surface area contributed by atoms with Crippen molar-refractivity contribution in [1.82, 2.24) is 24.5 Å². The van der Waals surface area contributed by atoms with Crippen LogP contribution in [0.25, 0.3) is 0 Å². The number of aryl methyl sites for hydroxylation is 1. The molecule has 0 aromatic carbocycles. The zero-order valence-electron chi connectivity index (χ0n) is 17.0. The average molecular weight is 375 g/mol. The van der Waals surface area contributed by atoms with Crippen LogP contribution < -0.4 is 4.90 Å². The molecule has 0 saturated carbocycles. The fraction of sp³-hybridized carbons (Fsp3) is 0.800. The number of anilines is 1. The van der Waals surface area contributed by atoms with Crippen molar-refractivity contribution in [3.8, 4) is 0 Å². The third-order valence-electron chi connectivity index (χ3n) is 6.73. The fourth-order valence-corrected chi connectivity index (χ4v) is 5.11. The number of rotatable bonds is 3. The Hall–Kier alpha value is -1.44. The lowest BCUT2D eigenvalue weighted by Gasteiger charge is -2.48. The molecule has 3 aliphatic rings. The molecule has 4 heterocycles. The highest BCUT2D eigenvalue weighted by Crippen LogP contribution is 2.29. The number of piperazine rings is 1. The minimum Gasteiger partial charge on any atom is -0.304 e. The van der Waals surface area contributed by atoms with Crippen molar-refractivity contribution in [2.75, 3.05) is 57.8 Å². The largest absolute Gasteiger partial charge is 0.304 e. The molecule has 0 N–H and O–H groups in total. The van der Waals surface area contributed by atoms with Gasteiger partial charge in [0.15, 0.2) is 5.82 Å². The second-order valence-electron chi connectivity index (χ2n) is 8.66. The van der Waals surface area contributed by atoms with E-state index in [9.17, 15) is 4.79 Å². The first-order chi connectivity index (χ1) is 13.0. The highest BCUT2D eigenvalue weighted by molar-refractivity contribution is 5.97. The molecule has 27 heavy (non-hydrogen) atoms. The predicted molar refractivity (Wildman–Crippen MR) is 107 cm³/mol. The van der Waals surface area contributed by atoms with Crippen LogP contribution in [0.15, 0.2) is 12.3 Å². The number of piperidine rings is 2. The van der Waals surface area contributed by atoms with Gasteiger partial charge in [0.1, 0.15) is 0 Å². The molecule has 1 aromatic rings. The molecule has 4 rings (SSSR count). The molecule has 3 unspecified atom stereocenters. The molecule has 3 saturated heterocycles. The Morgan fingerprint density at radius 3 is 2.44 bits per heavy atom. The van der Waals surface area contributed by atoms with Gasteiger partial charge in [-0.05, 0) is 32.2 Å². The van der Waals surface area contributed by atoms with Gasteiger partial charge in [0.2, 0.25) is 5.91 Å². The molecule has 1 aromatic heterocycles. The summed E-state index contributed by atoms with van der Waals surface area (Å²) in [6.45, 7) is 9.94. The minimum absolute atomic E-state index is 0.0247. The minimum atomic E-state index is 0.0247. The molecule has 7 nitrogen and oxygen atoms in total. The van der Waals surface area contributed by atoms with Crippen LogP contribution >= 0.6 is 0 Å². The Morgan fingerprint density at radius 1 is 1.00 bits per heavy atom. The van der Waals surface area contributed by atoms with Crippen LogP contribution in [0.1, 0.15) is 26.2 Å². The van der Waals surface area contributed by atoms with Gasteiger partial charge in [-0.3, -0.25) is 24.2 Å². The maximum Gasteiger partial charge on any atom is 0.245 e. The number of amides is 1. The highest BCUT2D eigenvalue weighted by Gasteiger charge is 2.39. The Kier molecular flexibility index (Phi) is 5.53. The van der Waals surface area contributed by atoms with E-state index in [0.717, 1.165) is 38.3 Å². The molecular weight excluding hydrogens is 340 g/mol. The first-order valence-corrected chi connectivity index (χ1v) is 10.5. The van der Waals surface area contributed by atoms with Crippen LogP contribution in [0.2, 0.25) is 0 Å². The van der Waals surface area contributed by atoms with Gasteiger partial charge in [-0.1, -0.05) is 6.92 Å². The highest BCUT2D eigenvalue weighted by atomic mass is 16.2. The second-order valence-corrected chi connectivity index (χ2v) is 8.66. The summed E-state index contributed by atoms with van der Waals surface area (Å²) in [5.41, 5.74) is 0. The lowest BCUT2D eigenvalue weighted by atomic mass is 9.89. The molecular formula is C20H34N6O. The smallest absolute Gasteiger partial charge is 0.245 e. The summed E-state index contributed by atoms with van der Waals surface area (Å²) in [5.74, 6) is 1.65. The van der Waals surface area contributed by atoms with Crippen molar-refractivity contribution in [2.45, 2.75) is 38.3 Å². The number of nitrogens with zero attached hydrogens (tertiary/aromatic N) is 6. The number of carbonyl (C=O) groups is 1. The SMILES string of the molecule is CC1CN(C2CCCN(c3ccn(C)n3)C2=O)CCC1N1CCN(C)CC1. The zero-order valence-corrected chi connectivity index (χ0v) is 17.0. The summed E-state index contributed by atoms with van der Waals surface area (Å²) in [4.78, 5) is 22.6. The van der Waals surface area contributed by atoms with Crippen LogP contribution in [-0.2, 0) is 11.8 Å². The number of aromatic nitrogens is 2. The molecule has 1 amide bonds. The van der Waals surface area contributed by atoms with Gasteiger partial charge in [-0.2, -0.15) is 5.10 Å². The van der Waals surface area contributed by atoms with Gasteiger partial charge in [-0.15, -0.1) is 0 Å². The summed E-state index contributed by atoms with van der Waals surface area (Å²) < 4.78 is 1.77. The summed E-state index contributed by atoms with van der Waals surface area (Å²) in [6, 6.07) is 2.64. The normalized spacial score (nSPS) is 32.2. The number of hydrogen-bond donors (Lipinski definition) is 0. The molecule has 3 atom stereocenters. The molecule has 3 aliphatic heterocycles. The summed E-state index contributed by atoms with van der Waals surface area (Å²) in [7, 11) is 4.12. The quantitative estimate of drug-likeness (QED) is 0.786. The Labute approximate surface area is 162 Å². The average Bonchev–Trinajstić information content (AvgIpc) is 3.09. The van der Waals surface area contributed by atoms with E-state index in [2.05, 4.69) is 33.8 Å². The van der Waals surface area contributed by atoms with Crippen LogP contribution in [-0.4, -0.2) is 95.3 Å². The van der Waals surface area contributed by atoms with Gasteiger partial charge in [0.05, 0.1) is 6.04 Å². The summed E-state index contributed by atoms with van der Waals surface area (Å²) in [6.07, 6.45) is 5.13.